The Morgan fingerprint density at radius 3 is 2.55 bits per heavy atom. The zero-order chi connectivity index (χ0) is 24.1. The Hall–Kier alpha value is -3.62. The molecule has 0 radical (unpaired) electrons. The molecule has 0 bridgehead atoms. The molecule has 1 amide bonds. The van der Waals surface area contributed by atoms with Crippen molar-refractivity contribution in [1.82, 2.24) is 0 Å². The van der Waals surface area contributed by atoms with Gasteiger partial charge in [-0.3, -0.25) is 19.3 Å². The van der Waals surface area contributed by atoms with Crippen LogP contribution in [0.1, 0.15) is 39.2 Å². The number of benzene rings is 1. The van der Waals surface area contributed by atoms with E-state index in [1.54, 1.807) is 31.2 Å². The van der Waals surface area contributed by atoms with E-state index < -0.39 is 28.7 Å². The molecular weight excluding hydrogens is 428 g/mol. The van der Waals surface area contributed by atoms with Gasteiger partial charge in [0.15, 0.2) is 5.78 Å². The van der Waals surface area contributed by atoms with Crippen molar-refractivity contribution in [2.24, 2.45) is 11.1 Å². The summed E-state index contributed by atoms with van der Waals surface area (Å²) in [6, 6.07) is 6.70. The topological polar surface area (TPSA) is 125 Å². The van der Waals surface area contributed by atoms with Crippen LogP contribution >= 0.6 is 0 Å². The number of rotatable bonds is 4. The number of ketones is 1. The molecule has 4 rings (SSSR count). The van der Waals surface area contributed by atoms with Crippen molar-refractivity contribution in [3.05, 3.63) is 52.6 Å². The van der Waals surface area contributed by atoms with Gasteiger partial charge in [0.25, 0.3) is 0 Å². The molecular formula is C24H26N2O7. The molecule has 0 aromatic heterocycles. The van der Waals surface area contributed by atoms with Gasteiger partial charge in [-0.2, -0.15) is 0 Å². The van der Waals surface area contributed by atoms with Crippen molar-refractivity contribution in [2.45, 2.75) is 39.0 Å². The summed E-state index contributed by atoms with van der Waals surface area (Å²) in [5.74, 6) is -2.53. The number of anilines is 1. The molecule has 0 fully saturated rings. The van der Waals surface area contributed by atoms with Gasteiger partial charge < -0.3 is 19.9 Å². The van der Waals surface area contributed by atoms with Crippen LogP contribution in [0.5, 0.6) is 0 Å². The first-order valence-corrected chi connectivity index (χ1v) is 10.7. The van der Waals surface area contributed by atoms with Gasteiger partial charge in [0.2, 0.25) is 11.8 Å². The third-order valence-corrected chi connectivity index (χ3v) is 6.21. The summed E-state index contributed by atoms with van der Waals surface area (Å²) in [6.45, 7) is 5.25. The second-order valence-corrected chi connectivity index (χ2v) is 9.04. The molecule has 0 unspecified atom stereocenters. The summed E-state index contributed by atoms with van der Waals surface area (Å²) in [5.41, 5.74) is 4.47. The molecule has 1 spiro atoms. The Bertz CT molecular complexity index is 1150. The second-order valence-electron chi connectivity index (χ2n) is 9.04. The van der Waals surface area contributed by atoms with Gasteiger partial charge in [-0.1, -0.05) is 32.0 Å². The fraction of sp³-hybridized carbons (Fsp3) is 0.417. The first-order chi connectivity index (χ1) is 15.6. The van der Waals surface area contributed by atoms with Crippen molar-refractivity contribution >= 4 is 29.3 Å². The lowest BCUT2D eigenvalue weighted by Gasteiger charge is -2.42. The highest BCUT2D eigenvalue weighted by molar-refractivity contribution is 6.24. The fourth-order valence-corrected chi connectivity index (χ4v) is 5.05. The van der Waals surface area contributed by atoms with Crippen LogP contribution in [0.15, 0.2) is 47.1 Å². The number of hydrogen-bond acceptors (Lipinski definition) is 8. The monoisotopic (exact) mass is 454 g/mol. The maximum Gasteiger partial charge on any atom is 0.340 e. The summed E-state index contributed by atoms with van der Waals surface area (Å²) in [6.07, 6.45) is 0.497. The average Bonchev–Trinajstić information content (AvgIpc) is 2.96. The van der Waals surface area contributed by atoms with E-state index in [1.807, 2.05) is 13.8 Å². The number of esters is 2. The Morgan fingerprint density at radius 2 is 1.88 bits per heavy atom. The molecule has 3 aliphatic rings. The van der Waals surface area contributed by atoms with Gasteiger partial charge >= 0.3 is 11.9 Å². The molecule has 1 atom stereocenters. The lowest BCUT2D eigenvalue weighted by Crippen LogP contribution is -2.52. The van der Waals surface area contributed by atoms with E-state index in [4.69, 9.17) is 19.9 Å². The van der Waals surface area contributed by atoms with Crippen molar-refractivity contribution in [3.8, 4) is 0 Å². The summed E-state index contributed by atoms with van der Waals surface area (Å²) in [4.78, 5) is 54.3. The highest BCUT2D eigenvalue weighted by Gasteiger charge is 2.64. The quantitative estimate of drug-likeness (QED) is 0.684. The summed E-state index contributed by atoms with van der Waals surface area (Å²) < 4.78 is 15.8. The number of nitrogens with zero attached hydrogens (tertiary/aromatic N) is 1. The standard InChI is InChI=1S/C24H26N2O7/c1-5-32-17(28)12-26-14-9-7-6-8-13(14)24(22(26)30)18-15(27)10-23(2,3)11-16(18)33-20(25)19(24)21(29)31-4/h6-9H,5,10-12,25H2,1-4H3/t24-/m1/s1. The number of Topliss-reactive ketones (excluding diaryl/α,β-unsaturated/α-hetero) is 1. The molecule has 174 valence electrons. The highest BCUT2D eigenvalue weighted by Crippen LogP contribution is 2.57. The van der Waals surface area contributed by atoms with Crippen LogP contribution in [0.25, 0.3) is 0 Å². The molecule has 2 aliphatic heterocycles. The first-order valence-electron chi connectivity index (χ1n) is 10.7. The van der Waals surface area contributed by atoms with E-state index in [0.717, 1.165) is 7.11 Å². The number of carbonyl (C=O) groups excluding carboxylic acids is 4. The lowest BCUT2D eigenvalue weighted by atomic mass is 9.62. The molecule has 1 aliphatic carbocycles. The van der Waals surface area contributed by atoms with Crippen LogP contribution < -0.4 is 10.6 Å². The minimum atomic E-state index is -1.87. The van der Waals surface area contributed by atoms with E-state index in [-0.39, 0.29) is 48.1 Å². The summed E-state index contributed by atoms with van der Waals surface area (Å²) in [7, 11) is 1.16. The van der Waals surface area contributed by atoms with E-state index in [2.05, 4.69) is 0 Å². The van der Waals surface area contributed by atoms with Gasteiger partial charge in [-0.15, -0.1) is 0 Å². The molecule has 0 saturated heterocycles. The minimum Gasteiger partial charge on any atom is -0.465 e. The van der Waals surface area contributed by atoms with E-state index in [1.165, 1.54) is 4.90 Å². The van der Waals surface area contributed by atoms with Crippen LogP contribution in [0.2, 0.25) is 0 Å². The predicted molar refractivity (Wildman–Crippen MR) is 116 cm³/mol. The van der Waals surface area contributed by atoms with Gasteiger partial charge in [0, 0.05) is 24.1 Å². The Kier molecular flexibility index (Phi) is 5.30. The summed E-state index contributed by atoms with van der Waals surface area (Å²) >= 11 is 0. The number of hydrogen-bond donors (Lipinski definition) is 1. The molecule has 1 aromatic rings. The third-order valence-electron chi connectivity index (χ3n) is 6.21. The van der Waals surface area contributed by atoms with Gasteiger partial charge in [0.1, 0.15) is 23.3 Å². The number of ether oxygens (including phenoxy) is 3. The van der Waals surface area contributed by atoms with Crippen LogP contribution in [0.3, 0.4) is 0 Å². The van der Waals surface area contributed by atoms with Crippen LogP contribution in [-0.4, -0.2) is 43.9 Å². The Morgan fingerprint density at radius 1 is 1.18 bits per heavy atom. The van der Waals surface area contributed by atoms with Gasteiger partial charge in [0.05, 0.1) is 19.3 Å². The van der Waals surface area contributed by atoms with E-state index in [9.17, 15) is 19.2 Å². The number of fused-ring (bicyclic) bond motifs is 3. The molecule has 2 N–H and O–H groups in total. The smallest absolute Gasteiger partial charge is 0.340 e. The van der Waals surface area contributed by atoms with Crippen molar-refractivity contribution < 1.29 is 33.4 Å². The maximum absolute atomic E-state index is 14.2. The number of methoxy groups -OCH3 is 1. The lowest BCUT2D eigenvalue weighted by molar-refractivity contribution is -0.142. The highest BCUT2D eigenvalue weighted by atomic mass is 16.5. The number of carbonyl (C=O) groups is 4. The molecule has 9 heteroatoms. The minimum absolute atomic E-state index is 0.0697. The SMILES string of the molecule is CCOC(=O)CN1C(=O)[C@]2(C(C(=O)OC)=C(N)OC3=C2C(=O)CC(C)(C)C3)c2ccccc21. The molecule has 0 saturated carbocycles. The molecule has 33 heavy (non-hydrogen) atoms. The predicted octanol–water partition coefficient (Wildman–Crippen LogP) is 1.85. The molecule has 2 heterocycles. The summed E-state index contributed by atoms with van der Waals surface area (Å²) in [5, 5.41) is 0. The zero-order valence-corrected chi connectivity index (χ0v) is 19.0. The van der Waals surface area contributed by atoms with Crippen LogP contribution in [-0.2, 0) is 38.8 Å². The number of nitrogens with two attached hydrogens (primary N) is 1. The number of para-hydroxylation sites is 1. The van der Waals surface area contributed by atoms with Crippen molar-refractivity contribution in [1.29, 1.82) is 0 Å². The van der Waals surface area contributed by atoms with Gasteiger partial charge in [-0.05, 0) is 18.4 Å². The third kappa shape index (κ3) is 3.21. The molecule has 9 nitrogen and oxygen atoms in total. The fourth-order valence-electron chi connectivity index (χ4n) is 5.05. The number of allylic oxidation sites excluding steroid dienone is 1. The maximum atomic E-state index is 14.2. The van der Waals surface area contributed by atoms with Crippen LogP contribution in [0.4, 0.5) is 5.69 Å². The first kappa shape index (κ1) is 22.6. The Balaban J connectivity index is 2.03. The van der Waals surface area contributed by atoms with Crippen LogP contribution in [0, 0.1) is 5.41 Å². The van der Waals surface area contributed by atoms with Crippen molar-refractivity contribution in [2.75, 3.05) is 25.2 Å². The van der Waals surface area contributed by atoms with Gasteiger partial charge in [-0.25, -0.2) is 4.79 Å². The van der Waals surface area contributed by atoms with Crippen molar-refractivity contribution in [3.63, 3.8) is 0 Å². The largest absolute Gasteiger partial charge is 0.465 e. The normalized spacial score (nSPS) is 23.3. The second kappa shape index (κ2) is 7.75. The molecule has 1 aromatic carbocycles. The van der Waals surface area contributed by atoms with E-state index >= 15 is 0 Å². The average molecular weight is 454 g/mol. The number of amides is 1. The Labute approximate surface area is 191 Å². The van der Waals surface area contributed by atoms with E-state index in [0.29, 0.717) is 17.7 Å². The zero-order valence-electron chi connectivity index (χ0n) is 19.0.